The maximum atomic E-state index is 10.5. The Morgan fingerprint density at radius 3 is 1.25 bits per heavy atom. The predicted molar refractivity (Wildman–Crippen MR) is 120 cm³/mol. The van der Waals surface area contributed by atoms with E-state index in [0.717, 1.165) is 6.42 Å². The third-order valence-corrected chi connectivity index (χ3v) is 3.11. The fourth-order valence-electron chi connectivity index (χ4n) is 1.23. The second-order valence-electron chi connectivity index (χ2n) is 6.52. The fourth-order valence-corrected chi connectivity index (χ4v) is 1.23. The summed E-state index contributed by atoms with van der Waals surface area (Å²) in [5.41, 5.74) is 1.00. The minimum absolute atomic E-state index is 0.125. The Hall–Kier alpha value is -3.24. The molecule has 10 heteroatoms. The van der Waals surface area contributed by atoms with Gasteiger partial charge in [-0.25, -0.2) is 19.2 Å². The normalized spacial score (nSPS) is 11.1. The Balaban J connectivity index is -0.000000200. The highest BCUT2D eigenvalue weighted by atomic mass is 16.4. The van der Waals surface area contributed by atoms with Crippen LogP contribution in [0.3, 0.4) is 0 Å². The van der Waals surface area contributed by atoms with Gasteiger partial charge in [0.15, 0.2) is 0 Å². The first-order valence-electron chi connectivity index (χ1n) is 9.36. The Morgan fingerprint density at radius 1 is 0.719 bits per heavy atom. The summed E-state index contributed by atoms with van der Waals surface area (Å²) in [6.07, 6.45) is 4.73. The SMILES string of the molecule is C=C(C)C(=O)O.C=C(C)C(=O)O.CC(=CCCC(C)C=C(C)C(=O)O)C(=O)O.OCCO. The lowest BCUT2D eigenvalue weighted by atomic mass is 10.0. The zero-order chi connectivity index (χ0) is 26.4. The summed E-state index contributed by atoms with van der Waals surface area (Å²) >= 11 is 0. The van der Waals surface area contributed by atoms with Crippen LogP contribution in [0.5, 0.6) is 0 Å². The standard InChI is InChI=1S/C12H18O4.2C4H6O2.C2H6O2/c1-8(7-10(3)12(15)16)5-4-6-9(2)11(13)14;2*1-3(2)4(5)6;3-1-2-4/h6-8H,4-5H2,1-3H3,(H,13,14)(H,15,16);2*1H2,2H3,(H,5,6);3-4H,1-2H2. The number of allylic oxidation sites excluding steroid dienone is 2. The molecule has 0 heterocycles. The fraction of sp³-hybridized carbons (Fsp3) is 0.455. The molecule has 0 spiro atoms. The predicted octanol–water partition coefficient (Wildman–Crippen LogP) is 2.73. The van der Waals surface area contributed by atoms with Gasteiger partial charge < -0.3 is 30.6 Å². The number of hydrogen-bond donors (Lipinski definition) is 6. The van der Waals surface area contributed by atoms with Crippen LogP contribution < -0.4 is 0 Å². The molecule has 0 saturated carbocycles. The summed E-state index contributed by atoms with van der Waals surface area (Å²) in [5.74, 6) is -3.56. The smallest absolute Gasteiger partial charge is 0.330 e. The molecule has 6 N–H and O–H groups in total. The molecule has 0 rings (SSSR count). The van der Waals surface area contributed by atoms with Crippen LogP contribution in [0.1, 0.15) is 47.5 Å². The lowest BCUT2D eigenvalue weighted by Gasteiger charge is -2.04. The molecule has 0 saturated heterocycles. The van der Waals surface area contributed by atoms with Crippen LogP contribution in [0.25, 0.3) is 0 Å². The number of carbonyl (C=O) groups is 4. The molecule has 0 aromatic carbocycles. The van der Waals surface area contributed by atoms with Gasteiger partial charge in [-0.3, -0.25) is 0 Å². The van der Waals surface area contributed by atoms with E-state index in [0.29, 0.717) is 17.6 Å². The largest absolute Gasteiger partial charge is 0.478 e. The number of hydrogen-bond acceptors (Lipinski definition) is 6. The van der Waals surface area contributed by atoms with Crippen LogP contribution in [-0.4, -0.2) is 67.7 Å². The maximum absolute atomic E-state index is 10.5. The van der Waals surface area contributed by atoms with Crippen LogP contribution >= 0.6 is 0 Å². The van der Waals surface area contributed by atoms with Gasteiger partial charge >= 0.3 is 23.9 Å². The molecule has 32 heavy (non-hydrogen) atoms. The second kappa shape index (κ2) is 22.4. The van der Waals surface area contributed by atoms with Crippen molar-refractivity contribution in [2.45, 2.75) is 47.5 Å². The summed E-state index contributed by atoms with van der Waals surface area (Å²) in [7, 11) is 0. The van der Waals surface area contributed by atoms with Crippen molar-refractivity contribution in [3.8, 4) is 0 Å². The summed E-state index contributed by atoms with van der Waals surface area (Å²) < 4.78 is 0. The number of aliphatic hydroxyl groups is 2. The Kier molecular flexibility index (Phi) is 25.4. The van der Waals surface area contributed by atoms with Gasteiger partial charge in [0.1, 0.15) is 0 Å². The minimum atomic E-state index is -0.935. The van der Waals surface area contributed by atoms with Crippen molar-refractivity contribution in [1.82, 2.24) is 0 Å². The molecule has 10 nitrogen and oxygen atoms in total. The lowest BCUT2D eigenvalue weighted by molar-refractivity contribution is -0.133. The molecule has 0 aliphatic carbocycles. The highest BCUT2D eigenvalue weighted by molar-refractivity contribution is 5.86. The van der Waals surface area contributed by atoms with Gasteiger partial charge in [0, 0.05) is 22.3 Å². The number of rotatable bonds is 9. The van der Waals surface area contributed by atoms with E-state index in [2.05, 4.69) is 13.2 Å². The average Bonchev–Trinajstić information content (AvgIpc) is 2.68. The summed E-state index contributed by atoms with van der Waals surface area (Å²) in [6, 6.07) is 0. The summed E-state index contributed by atoms with van der Waals surface area (Å²) in [5, 5.41) is 48.3. The monoisotopic (exact) mass is 460 g/mol. The van der Waals surface area contributed by atoms with E-state index in [1.54, 1.807) is 26.0 Å². The van der Waals surface area contributed by atoms with Crippen LogP contribution in [0, 0.1) is 5.92 Å². The van der Waals surface area contributed by atoms with E-state index in [1.165, 1.54) is 13.8 Å². The Labute approximate surface area is 188 Å². The van der Waals surface area contributed by atoms with Gasteiger partial charge in [0.25, 0.3) is 0 Å². The number of aliphatic carboxylic acids is 4. The molecule has 184 valence electrons. The van der Waals surface area contributed by atoms with Crippen LogP contribution in [0.15, 0.2) is 47.6 Å². The first-order valence-corrected chi connectivity index (χ1v) is 9.36. The van der Waals surface area contributed by atoms with Crippen molar-refractivity contribution >= 4 is 23.9 Å². The van der Waals surface area contributed by atoms with Gasteiger partial charge in [0.05, 0.1) is 13.2 Å². The summed E-state index contributed by atoms with van der Waals surface area (Å²) in [4.78, 5) is 40.2. The van der Waals surface area contributed by atoms with Gasteiger partial charge in [-0.15, -0.1) is 0 Å². The van der Waals surface area contributed by atoms with E-state index in [4.69, 9.17) is 30.6 Å². The van der Waals surface area contributed by atoms with Crippen LogP contribution in [0.4, 0.5) is 0 Å². The molecule has 0 aromatic rings. The van der Waals surface area contributed by atoms with E-state index in [-0.39, 0.29) is 30.3 Å². The highest BCUT2D eigenvalue weighted by Crippen LogP contribution is 2.11. The van der Waals surface area contributed by atoms with E-state index in [9.17, 15) is 19.2 Å². The van der Waals surface area contributed by atoms with Crippen molar-refractivity contribution in [2.75, 3.05) is 13.2 Å². The quantitative estimate of drug-likeness (QED) is 0.279. The van der Waals surface area contributed by atoms with Crippen molar-refractivity contribution in [3.63, 3.8) is 0 Å². The summed E-state index contributed by atoms with van der Waals surface area (Å²) in [6.45, 7) is 14.0. The first kappa shape index (κ1) is 36.2. The van der Waals surface area contributed by atoms with Crippen molar-refractivity contribution in [3.05, 3.63) is 47.6 Å². The zero-order valence-electron chi connectivity index (χ0n) is 19.3. The molecule has 0 bridgehead atoms. The van der Waals surface area contributed by atoms with Gasteiger partial charge in [-0.1, -0.05) is 32.2 Å². The van der Waals surface area contributed by atoms with Crippen molar-refractivity contribution < 1.29 is 49.8 Å². The molecule has 0 aliphatic heterocycles. The molecule has 0 radical (unpaired) electrons. The molecule has 0 aliphatic rings. The third-order valence-electron chi connectivity index (χ3n) is 3.11. The van der Waals surface area contributed by atoms with Gasteiger partial charge in [0.2, 0.25) is 0 Å². The van der Waals surface area contributed by atoms with Crippen molar-refractivity contribution in [1.29, 1.82) is 0 Å². The molecule has 0 aromatic heterocycles. The number of carboxylic acids is 4. The van der Waals surface area contributed by atoms with E-state index < -0.39 is 23.9 Å². The number of carboxylic acid groups (broad SMARTS) is 4. The minimum Gasteiger partial charge on any atom is -0.478 e. The Bertz CT molecular complexity index is 637. The molecule has 0 fully saturated rings. The molecule has 0 amide bonds. The van der Waals surface area contributed by atoms with Gasteiger partial charge in [-0.2, -0.15) is 0 Å². The zero-order valence-corrected chi connectivity index (χ0v) is 19.3. The lowest BCUT2D eigenvalue weighted by Crippen LogP contribution is -2.00. The maximum Gasteiger partial charge on any atom is 0.330 e. The van der Waals surface area contributed by atoms with E-state index >= 15 is 0 Å². The molecule has 1 atom stereocenters. The van der Waals surface area contributed by atoms with Crippen molar-refractivity contribution in [2.24, 2.45) is 5.92 Å². The van der Waals surface area contributed by atoms with Crippen LogP contribution in [0.2, 0.25) is 0 Å². The second-order valence-corrected chi connectivity index (χ2v) is 6.52. The molecular weight excluding hydrogens is 424 g/mol. The van der Waals surface area contributed by atoms with E-state index in [1.807, 2.05) is 6.92 Å². The molecule has 1 unspecified atom stereocenters. The molecular formula is C22H36O10. The number of aliphatic hydroxyl groups excluding tert-OH is 2. The highest BCUT2D eigenvalue weighted by Gasteiger charge is 2.04. The third kappa shape index (κ3) is 31.5. The van der Waals surface area contributed by atoms with Gasteiger partial charge in [-0.05, 0) is 46.5 Å². The topological polar surface area (TPSA) is 190 Å². The first-order chi connectivity index (χ1) is 14.5. The Morgan fingerprint density at radius 2 is 1.03 bits per heavy atom. The van der Waals surface area contributed by atoms with Crippen LogP contribution in [-0.2, 0) is 19.2 Å². The average molecular weight is 461 g/mol.